The average molecular weight is 149 g/mol. The summed E-state index contributed by atoms with van der Waals surface area (Å²) in [7, 11) is 0. The van der Waals surface area contributed by atoms with Gasteiger partial charge in [-0.1, -0.05) is 20.8 Å². The Hall–Kier alpha value is 0.250. The Morgan fingerprint density at radius 1 is 1.33 bits per heavy atom. The maximum absolute atomic E-state index is 6.16. The second-order valence-electron chi connectivity index (χ2n) is 3.71. The summed E-state index contributed by atoms with van der Waals surface area (Å²) in [6.45, 7) is 7.84. The van der Waals surface area contributed by atoms with Gasteiger partial charge in [-0.2, -0.15) is 0 Å². The first-order valence-corrected chi connectivity index (χ1v) is 3.60. The summed E-state index contributed by atoms with van der Waals surface area (Å²) in [5.74, 6) is 0. The Morgan fingerprint density at radius 2 is 1.78 bits per heavy atom. The van der Waals surface area contributed by atoms with E-state index in [2.05, 4.69) is 20.8 Å². The number of ether oxygens (including phenoxy) is 1. The lowest BCUT2D eigenvalue weighted by Gasteiger charge is -2.45. The highest BCUT2D eigenvalue weighted by atomic mass is 35.5. The summed E-state index contributed by atoms with van der Waals surface area (Å²) >= 11 is 6.16. The minimum absolute atomic E-state index is 0.0903. The Morgan fingerprint density at radius 3 is 1.78 bits per heavy atom. The summed E-state index contributed by atoms with van der Waals surface area (Å²) in [6, 6.07) is 0. The van der Waals surface area contributed by atoms with Gasteiger partial charge in [0.05, 0.1) is 18.1 Å². The van der Waals surface area contributed by atoms with Gasteiger partial charge in [0.25, 0.3) is 0 Å². The highest BCUT2D eigenvalue weighted by Gasteiger charge is 2.46. The van der Waals surface area contributed by atoms with Gasteiger partial charge in [0.15, 0.2) is 0 Å². The Labute approximate surface area is 61.3 Å². The van der Waals surface area contributed by atoms with E-state index in [4.69, 9.17) is 16.3 Å². The number of alkyl halides is 1. The molecular formula is C7H13ClO. The largest absolute Gasteiger partial charge is 0.378 e. The molecule has 0 saturated carbocycles. The first-order valence-electron chi connectivity index (χ1n) is 3.22. The van der Waals surface area contributed by atoms with Gasteiger partial charge in [-0.15, -0.1) is 11.6 Å². The van der Waals surface area contributed by atoms with Crippen LogP contribution in [-0.4, -0.2) is 18.1 Å². The molecule has 0 bridgehead atoms. The number of hydrogen-bond donors (Lipinski definition) is 0. The standard InChI is InChI=1S/C7H13ClO/c1-6(2,3)7(8)4-9-5-7/h4-5H2,1-3H3. The lowest BCUT2D eigenvalue weighted by molar-refractivity contribution is -0.0604. The predicted octanol–water partition coefficient (Wildman–Crippen LogP) is 2.04. The van der Waals surface area contributed by atoms with Gasteiger partial charge >= 0.3 is 0 Å². The van der Waals surface area contributed by atoms with Crippen LogP contribution in [0.4, 0.5) is 0 Å². The zero-order chi connectivity index (χ0) is 7.12. The summed E-state index contributed by atoms with van der Waals surface area (Å²) in [5, 5.41) is 0. The van der Waals surface area contributed by atoms with Gasteiger partial charge < -0.3 is 4.74 Å². The molecule has 1 aliphatic heterocycles. The molecule has 1 nitrogen and oxygen atoms in total. The van der Waals surface area contributed by atoms with Gasteiger partial charge in [-0.25, -0.2) is 0 Å². The lowest BCUT2D eigenvalue weighted by Crippen LogP contribution is -2.53. The van der Waals surface area contributed by atoms with Crippen LogP contribution >= 0.6 is 11.6 Å². The molecule has 0 aromatic carbocycles. The van der Waals surface area contributed by atoms with Crippen LogP contribution in [0.2, 0.25) is 0 Å². The van der Waals surface area contributed by atoms with Crippen molar-refractivity contribution in [1.82, 2.24) is 0 Å². The van der Waals surface area contributed by atoms with Gasteiger partial charge in [0.1, 0.15) is 0 Å². The van der Waals surface area contributed by atoms with Crippen LogP contribution in [-0.2, 0) is 4.74 Å². The number of halogens is 1. The highest BCUT2D eigenvalue weighted by Crippen LogP contribution is 2.41. The van der Waals surface area contributed by atoms with E-state index in [9.17, 15) is 0 Å². The van der Waals surface area contributed by atoms with Gasteiger partial charge in [0, 0.05) is 0 Å². The summed E-state index contributed by atoms with van der Waals surface area (Å²) in [6.07, 6.45) is 0. The summed E-state index contributed by atoms with van der Waals surface area (Å²) in [5.41, 5.74) is 0.173. The van der Waals surface area contributed by atoms with Crippen molar-refractivity contribution in [3.05, 3.63) is 0 Å². The van der Waals surface area contributed by atoms with E-state index in [1.807, 2.05) is 0 Å². The van der Waals surface area contributed by atoms with Crippen LogP contribution < -0.4 is 0 Å². The smallest absolute Gasteiger partial charge is 0.0959 e. The van der Waals surface area contributed by atoms with Crippen LogP contribution in [0, 0.1) is 5.41 Å². The van der Waals surface area contributed by atoms with Gasteiger partial charge in [0.2, 0.25) is 0 Å². The predicted molar refractivity (Wildman–Crippen MR) is 38.9 cm³/mol. The number of rotatable bonds is 0. The molecule has 54 valence electrons. The van der Waals surface area contributed by atoms with Crippen LogP contribution in [0.25, 0.3) is 0 Å². The van der Waals surface area contributed by atoms with E-state index < -0.39 is 0 Å². The molecule has 0 N–H and O–H groups in total. The third-order valence-electron chi connectivity index (χ3n) is 2.01. The molecule has 0 radical (unpaired) electrons. The van der Waals surface area contributed by atoms with Crippen LogP contribution in [0.1, 0.15) is 20.8 Å². The van der Waals surface area contributed by atoms with E-state index in [0.29, 0.717) is 13.2 Å². The van der Waals surface area contributed by atoms with E-state index >= 15 is 0 Å². The van der Waals surface area contributed by atoms with Crippen LogP contribution in [0.5, 0.6) is 0 Å². The van der Waals surface area contributed by atoms with Crippen molar-refractivity contribution in [2.24, 2.45) is 5.41 Å². The first kappa shape index (κ1) is 7.36. The fourth-order valence-corrected chi connectivity index (χ4v) is 0.869. The molecule has 0 aromatic rings. The normalized spacial score (nSPS) is 25.3. The molecule has 0 aliphatic carbocycles. The van der Waals surface area contributed by atoms with E-state index in [0.717, 1.165) is 0 Å². The fourth-order valence-electron chi connectivity index (χ4n) is 0.714. The van der Waals surface area contributed by atoms with Gasteiger partial charge in [-0.05, 0) is 5.41 Å². The van der Waals surface area contributed by atoms with Crippen molar-refractivity contribution >= 4 is 11.6 Å². The minimum atomic E-state index is -0.0903. The quantitative estimate of drug-likeness (QED) is 0.478. The Balaban J connectivity index is 2.59. The number of hydrogen-bond acceptors (Lipinski definition) is 1. The third kappa shape index (κ3) is 1.08. The minimum Gasteiger partial charge on any atom is -0.378 e. The monoisotopic (exact) mass is 148 g/mol. The van der Waals surface area contributed by atoms with E-state index in [1.165, 1.54) is 0 Å². The molecule has 0 amide bonds. The molecule has 2 heteroatoms. The lowest BCUT2D eigenvalue weighted by atomic mass is 9.79. The molecule has 0 aromatic heterocycles. The Kier molecular flexibility index (Phi) is 1.52. The second-order valence-corrected chi connectivity index (χ2v) is 4.43. The van der Waals surface area contributed by atoms with E-state index in [-0.39, 0.29) is 10.3 Å². The average Bonchev–Trinajstić information content (AvgIpc) is 1.57. The zero-order valence-corrected chi connectivity index (χ0v) is 6.96. The molecule has 9 heavy (non-hydrogen) atoms. The summed E-state index contributed by atoms with van der Waals surface area (Å²) < 4.78 is 5.03. The van der Waals surface area contributed by atoms with Crippen molar-refractivity contribution in [3.8, 4) is 0 Å². The topological polar surface area (TPSA) is 9.23 Å². The van der Waals surface area contributed by atoms with Crippen LogP contribution in [0.3, 0.4) is 0 Å². The molecule has 0 atom stereocenters. The molecule has 1 saturated heterocycles. The fraction of sp³-hybridized carbons (Fsp3) is 1.00. The van der Waals surface area contributed by atoms with Gasteiger partial charge in [-0.3, -0.25) is 0 Å². The molecule has 1 heterocycles. The summed E-state index contributed by atoms with van der Waals surface area (Å²) in [4.78, 5) is -0.0903. The van der Waals surface area contributed by atoms with Crippen LogP contribution in [0.15, 0.2) is 0 Å². The van der Waals surface area contributed by atoms with Crippen molar-refractivity contribution in [2.75, 3.05) is 13.2 Å². The molecule has 1 fully saturated rings. The second kappa shape index (κ2) is 1.86. The van der Waals surface area contributed by atoms with Crippen molar-refractivity contribution in [2.45, 2.75) is 25.6 Å². The Bertz CT molecular complexity index is 111. The maximum Gasteiger partial charge on any atom is 0.0959 e. The van der Waals surface area contributed by atoms with Crippen molar-refractivity contribution in [3.63, 3.8) is 0 Å². The SMILES string of the molecule is CC(C)(C)C1(Cl)COC1. The van der Waals surface area contributed by atoms with Crippen molar-refractivity contribution in [1.29, 1.82) is 0 Å². The molecule has 1 rings (SSSR count). The molecule has 0 spiro atoms. The molecular weight excluding hydrogens is 136 g/mol. The third-order valence-corrected chi connectivity index (χ3v) is 2.79. The zero-order valence-electron chi connectivity index (χ0n) is 6.20. The molecule has 1 aliphatic rings. The van der Waals surface area contributed by atoms with Crippen molar-refractivity contribution < 1.29 is 4.74 Å². The maximum atomic E-state index is 6.16. The molecule has 0 unspecified atom stereocenters. The highest BCUT2D eigenvalue weighted by molar-refractivity contribution is 6.25. The van der Waals surface area contributed by atoms with E-state index in [1.54, 1.807) is 0 Å². The first-order chi connectivity index (χ1) is 3.96.